The normalized spacial score (nSPS) is 23.2. The third-order valence-corrected chi connectivity index (χ3v) is 3.85. The van der Waals surface area contributed by atoms with Crippen molar-refractivity contribution < 1.29 is 24.6 Å². The van der Waals surface area contributed by atoms with Crippen LogP contribution in [0.5, 0.6) is 0 Å². The van der Waals surface area contributed by atoms with Crippen molar-refractivity contribution in [1.29, 1.82) is 0 Å². The van der Waals surface area contributed by atoms with E-state index in [-0.39, 0.29) is 31.8 Å². The number of likely N-dealkylation sites (tertiary alicyclic amines) is 2. The lowest BCUT2D eigenvalue weighted by molar-refractivity contribution is -0.160. The first-order valence-corrected chi connectivity index (χ1v) is 5.99. The zero-order chi connectivity index (χ0) is 13.3. The molecule has 0 radical (unpaired) electrons. The quantitative estimate of drug-likeness (QED) is 0.735. The maximum atomic E-state index is 11.7. The molecule has 2 heterocycles. The van der Waals surface area contributed by atoms with Gasteiger partial charge >= 0.3 is 12.1 Å². The molecule has 0 aromatic carbocycles. The molecule has 0 unspecified atom stereocenters. The molecule has 2 N–H and O–H groups in total. The van der Waals surface area contributed by atoms with Crippen molar-refractivity contribution in [3.63, 3.8) is 0 Å². The molecule has 0 spiro atoms. The van der Waals surface area contributed by atoms with Crippen LogP contribution in [0.4, 0.5) is 4.79 Å². The molecular formula is C11H16N2O5. The minimum atomic E-state index is -1.21. The average Bonchev–Trinajstić information content (AvgIpc) is 2.75. The molecule has 2 saturated heterocycles. The van der Waals surface area contributed by atoms with Gasteiger partial charge in [0.15, 0.2) is 0 Å². The summed E-state index contributed by atoms with van der Waals surface area (Å²) in [5.41, 5.74) is -1.21. The highest BCUT2D eigenvalue weighted by molar-refractivity contribution is 5.88. The lowest BCUT2D eigenvalue weighted by Gasteiger charge is -2.43. The topological polar surface area (TPSA) is 98.2 Å². The number of rotatable bonds is 2. The van der Waals surface area contributed by atoms with Crippen LogP contribution < -0.4 is 0 Å². The molecule has 2 aliphatic heterocycles. The van der Waals surface area contributed by atoms with Gasteiger partial charge in [0.25, 0.3) is 0 Å². The second-order valence-corrected chi connectivity index (χ2v) is 4.76. The van der Waals surface area contributed by atoms with Crippen molar-refractivity contribution in [2.45, 2.75) is 31.2 Å². The minimum absolute atomic E-state index is 0.138. The first kappa shape index (κ1) is 12.7. The van der Waals surface area contributed by atoms with Crippen LogP contribution in [0.1, 0.15) is 25.7 Å². The van der Waals surface area contributed by atoms with E-state index in [0.29, 0.717) is 19.4 Å². The van der Waals surface area contributed by atoms with Crippen LogP contribution >= 0.6 is 0 Å². The van der Waals surface area contributed by atoms with Gasteiger partial charge in [0.2, 0.25) is 5.91 Å². The second-order valence-electron chi connectivity index (χ2n) is 4.76. The number of nitrogens with zero attached hydrogens (tertiary/aromatic N) is 2. The van der Waals surface area contributed by atoms with Crippen molar-refractivity contribution >= 4 is 18.0 Å². The predicted molar refractivity (Wildman–Crippen MR) is 60.1 cm³/mol. The van der Waals surface area contributed by atoms with E-state index >= 15 is 0 Å². The van der Waals surface area contributed by atoms with E-state index in [0.717, 1.165) is 0 Å². The molecule has 0 bridgehead atoms. The Morgan fingerprint density at radius 3 is 2.11 bits per heavy atom. The molecule has 0 atom stereocenters. The zero-order valence-corrected chi connectivity index (χ0v) is 9.96. The summed E-state index contributed by atoms with van der Waals surface area (Å²) in [6.45, 7) is 0.773. The Kier molecular flexibility index (Phi) is 3.14. The third kappa shape index (κ3) is 1.89. The molecule has 2 aliphatic rings. The van der Waals surface area contributed by atoms with E-state index in [4.69, 9.17) is 5.11 Å². The van der Waals surface area contributed by atoms with Crippen molar-refractivity contribution in [3.05, 3.63) is 0 Å². The number of amides is 2. The van der Waals surface area contributed by atoms with Gasteiger partial charge < -0.3 is 20.0 Å². The van der Waals surface area contributed by atoms with Gasteiger partial charge in [-0.25, -0.2) is 9.59 Å². The van der Waals surface area contributed by atoms with Crippen LogP contribution in [0, 0.1) is 0 Å². The van der Waals surface area contributed by atoms with Crippen LogP contribution in [-0.4, -0.2) is 63.2 Å². The van der Waals surface area contributed by atoms with Gasteiger partial charge in [0, 0.05) is 26.1 Å². The zero-order valence-electron chi connectivity index (χ0n) is 9.96. The van der Waals surface area contributed by atoms with E-state index < -0.39 is 17.6 Å². The number of carboxylic acid groups (broad SMARTS) is 2. The maximum Gasteiger partial charge on any atom is 0.407 e. The standard InChI is InChI=1S/C11H16N2O5/c14-8-2-1-5-13(8)11(9(15)16)3-6-12(7-4-11)10(17)18/h1-7H2,(H,15,16)(H,17,18). The molecule has 0 aromatic rings. The Balaban J connectivity index is 2.17. The van der Waals surface area contributed by atoms with Crippen LogP contribution in [0.3, 0.4) is 0 Å². The molecule has 100 valence electrons. The second kappa shape index (κ2) is 4.47. The van der Waals surface area contributed by atoms with E-state index in [9.17, 15) is 19.5 Å². The Labute approximate surface area is 104 Å². The molecule has 0 saturated carbocycles. The minimum Gasteiger partial charge on any atom is -0.479 e. The maximum absolute atomic E-state index is 11.7. The summed E-state index contributed by atoms with van der Waals surface area (Å²) in [6.07, 6.45) is 0.358. The van der Waals surface area contributed by atoms with Gasteiger partial charge in [-0.2, -0.15) is 0 Å². The average molecular weight is 256 g/mol. The summed E-state index contributed by atoms with van der Waals surface area (Å²) in [6, 6.07) is 0. The van der Waals surface area contributed by atoms with E-state index in [1.54, 1.807) is 0 Å². The Bertz CT molecular complexity index is 387. The Morgan fingerprint density at radius 1 is 1.11 bits per heavy atom. The van der Waals surface area contributed by atoms with E-state index in [1.807, 2.05) is 0 Å². The fourth-order valence-electron chi connectivity index (χ4n) is 2.77. The summed E-state index contributed by atoms with van der Waals surface area (Å²) < 4.78 is 0. The van der Waals surface area contributed by atoms with Crippen molar-refractivity contribution in [1.82, 2.24) is 9.80 Å². The van der Waals surface area contributed by atoms with Gasteiger partial charge in [-0.1, -0.05) is 0 Å². The number of hydrogen-bond donors (Lipinski definition) is 2. The smallest absolute Gasteiger partial charge is 0.407 e. The highest BCUT2D eigenvalue weighted by Crippen LogP contribution is 2.33. The molecule has 2 amide bonds. The lowest BCUT2D eigenvalue weighted by Crippen LogP contribution is -2.61. The highest BCUT2D eigenvalue weighted by atomic mass is 16.4. The number of carbonyl (C=O) groups excluding carboxylic acids is 1. The first-order chi connectivity index (χ1) is 8.47. The molecule has 18 heavy (non-hydrogen) atoms. The molecule has 0 aromatic heterocycles. The number of carbonyl (C=O) groups is 3. The fraction of sp³-hybridized carbons (Fsp3) is 0.727. The van der Waals surface area contributed by atoms with Crippen molar-refractivity contribution in [3.8, 4) is 0 Å². The van der Waals surface area contributed by atoms with Gasteiger partial charge in [0.05, 0.1) is 0 Å². The Hall–Kier alpha value is -1.79. The highest BCUT2D eigenvalue weighted by Gasteiger charge is 2.50. The molecular weight excluding hydrogens is 240 g/mol. The van der Waals surface area contributed by atoms with Crippen LogP contribution in [0.2, 0.25) is 0 Å². The number of hydrogen-bond acceptors (Lipinski definition) is 3. The lowest BCUT2D eigenvalue weighted by atomic mass is 9.86. The predicted octanol–water partition coefficient (Wildman–Crippen LogP) is 0.206. The summed E-state index contributed by atoms with van der Waals surface area (Å²) in [5, 5.41) is 18.3. The van der Waals surface area contributed by atoms with E-state index in [2.05, 4.69) is 0 Å². The van der Waals surface area contributed by atoms with Crippen molar-refractivity contribution in [2.24, 2.45) is 0 Å². The monoisotopic (exact) mass is 256 g/mol. The van der Waals surface area contributed by atoms with Crippen LogP contribution in [0.25, 0.3) is 0 Å². The molecule has 7 heteroatoms. The van der Waals surface area contributed by atoms with Crippen LogP contribution in [-0.2, 0) is 9.59 Å². The molecule has 7 nitrogen and oxygen atoms in total. The molecule has 2 rings (SSSR count). The first-order valence-electron chi connectivity index (χ1n) is 5.99. The summed E-state index contributed by atoms with van der Waals surface area (Å²) in [5.74, 6) is -1.16. The van der Waals surface area contributed by atoms with Crippen LogP contribution in [0.15, 0.2) is 0 Å². The number of piperidine rings is 1. The summed E-state index contributed by atoms with van der Waals surface area (Å²) in [7, 11) is 0. The number of aliphatic carboxylic acids is 1. The van der Waals surface area contributed by atoms with Crippen molar-refractivity contribution in [2.75, 3.05) is 19.6 Å². The SMILES string of the molecule is O=C(O)N1CCC(C(=O)O)(N2CCCC2=O)CC1. The van der Waals surface area contributed by atoms with Gasteiger partial charge in [0.1, 0.15) is 5.54 Å². The largest absolute Gasteiger partial charge is 0.479 e. The third-order valence-electron chi connectivity index (χ3n) is 3.85. The van der Waals surface area contributed by atoms with E-state index in [1.165, 1.54) is 9.80 Å². The summed E-state index contributed by atoms with van der Waals surface area (Å²) >= 11 is 0. The molecule has 2 fully saturated rings. The van der Waals surface area contributed by atoms with Gasteiger partial charge in [-0.05, 0) is 19.3 Å². The number of carboxylic acids is 1. The molecule has 0 aliphatic carbocycles. The fourth-order valence-corrected chi connectivity index (χ4v) is 2.77. The van der Waals surface area contributed by atoms with Gasteiger partial charge in [-0.3, -0.25) is 4.79 Å². The Morgan fingerprint density at radius 2 is 1.72 bits per heavy atom. The summed E-state index contributed by atoms with van der Waals surface area (Å²) in [4.78, 5) is 36.7. The van der Waals surface area contributed by atoms with Gasteiger partial charge in [-0.15, -0.1) is 0 Å².